The number of rotatable bonds is 3. The molecule has 0 heterocycles. The Kier molecular flexibility index (Phi) is 3.08. The van der Waals surface area contributed by atoms with Crippen LogP contribution in [0.15, 0.2) is 18.2 Å². The van der Waals surface area contributed by atoms with Gasteiger partial charge >= 0.3 is 5.97 Å². The monoisotopic (exact) mass is 260 g/mol. The Bertz CT molecular complexity index is 456. The van der Waals surface area contributed by atoms with Crippen molar-refractivity contribution in [1.82, 2.24) is 0 Å². The molecule has 5 heteroatoms. The van der Waals surface area contributed by atoms with Crippen molar-refractivity contribution in [3.63, 3.8) is 0 Å². The van der Waals surface area contributed by atoms with Gasteiger partial charge in [0.1, 0.15) is 0 Å². The Labute approximate surface area is 102 Å². The largest absolute Gasteiger partial charge is 0.481 e. The minimum absolute atomic E-state index is 0.0648. The van der Waals surface area contributed by atoms with E-state index < -0.39 is 17.8 Å². The van der Waals surface area contributed by atoms with Crippen LogP contribution in [0.2, 0.25) is 5.02 Å². The molecule has 1 saturated carbocycles. The Hall–Kier alpha value is -1.16. The number of carboxylic acids is 1. The molecule has 0 amide bonds. The van der Waals surface area contributed by atoms with Gasteiger partial charge in [0.15, 0.2) is 0 Å². The van der Waals surface area contributed by atoms with Gasteiger partial charge in [-0.25, -0.2) is 8.78 Å². The van der Waals surface area contributed by atoms with Crippen LogP contribution in [0.1, 0.15) is 36.8 Å². The van der Waals surface area contributed by atoms with Gasteiger partial charge in [-0.15, -0.1) is 0 Å². The van der Waals surface area contributed by atoms with Crippen molar-refractivity contribution in [2.45, 2.75) is 31.1 Å². The topological polar surface area (TPSA) is 37.3 Å². The van der Waals surface area contributed by atoms with E-state index in [-0.39, 0.29) is 16.1 Å². The molecule has 1 aromatic carbocycles. The summed E-state index contributed by atoms with van der Waals surface area (Å²) in [5.74, 6) is -1.05. The van der Waals surface area contributed by atoms with Crippen molar-refractivity contribution in [3.05, 3.63) is 34.3 Å². The van der Waals surface area contributed by atoms with Gasteiger partial charge in [-0.3, -0.25) is 4.79 Å². The smallest absolute Gasteiger partial charge is 0.314 e. The summed E-state index contributed by atoms with van der Waals surface area (Å²) in [6.45, 7) is 0. The minimum Gasteiger partial charge on any atom is -0.481 e. The summed E-state index contributed by atoms with van der Waals surface area (Å²) in [6.07, 6.45) is -1.23. The maximum absolute atomic E-state index is 13.0. The average molecular weight is 261 g/mol. The number of carboxylic acid groups (broad SMARTS) is 1. The van der Waals surface area contributed by atoms with E-state index in [0.717, 1.165) is 6.42 Å². The van der Waals surface area contributed by atoms with Crippen molar-refractivity contribution in [2.75, 3.05) is 0 Å². The molecule has 0 atom stereocenters. The van der Waals surface area contributed by atoms with E-state index in [9.17, 15) is 18.7 Å². The molecule has 92 valence electrons. The van der Waals surface area contributed by atoms with Crippen LogP contribution in [0.3, 0.4) is 0 Å². The quantitative estimate of drug-likeness (QED) is 0.898. The van der Waals surface area contributed by atoms with Crippen LogP contribution in [0.4, 0.5) is 8.78 Å². The van der Waals surface area contributed by atoms with E-state index in [1.807, 2.05) is 0 Å². The van der Waals surface area contributed by atoms with Gasteiger partial charge in [-0.1, -0.05) is 30.2 Å². The first-order valence-corrected chi connectivity index (χ1v) is 5.67. The molecule has 1 N–H and O–H groups in total. The molecule has 1 aromatic rings. The maximum Gasteiger partial charge on any atom is 0.314 e. The molecule has 0 aliphatic heterocycles. The van der Waals surface area contributed by atoms with Crippen molar-refractivity contribution < 1.29 is 18.7 Å². The van der Waals surface area contributed by atoms with Gasteiger partial charge in [-0.2, -0.15) is 0 Å². The second-order valence-corrected chi connectivity index (χ2v) is 4.65. The van der Waals surface area contributed by atoms with Gasteiger partial charge in [0.25, 0.3) is 6.43 Å². The van der Waals surface area contributed by atoms with Crippen LogP contribution in [0.5, 0.6) is 0 Å². The fourth-order valence-electron chi connectivity index (χ4n) is 2.30. The standard InChI is InChI=1S/C12H11ClF2O2/c13-8-4-1-3-7(9(8)10(14)15)12(11(16)17)5-2-6-12/h1,3-4,10H,2,5-6H2,(H,16,17). The normalized spacial score (nSPS) is 17.9. The molecule has 2 rings (SSSR count). The lowest BCUT2D eigenvalue weighted by Gasteiger charge is -2.39. The highest BCUT2D eigenvalue weighted by Crippen LogP contribution is 2.48. The Balaban J connectivity index is 2.59. The zero-order valence-electron chi connectivity index (χ0n) is 8.92. The third-order valence-electron chi connectivity index (χ3n) is 3.40. The highest BCUT2D eigenvalue weighted by molar-refractivity contribution is 6.31. The van der Waals surface area contributed by atoms with E-state index >= 15 is 0 Å². The number of hydrogen-bond acceptors (Lipinski definition) is 1. The van der Waals surface area contributed by atoms with E-state index in [4.69, 9.17) is 11.6 Å². The highest BCUT2D eigenvalue weighted by Gasteiger charge is 2.48. The number of aliphatic carboxylic acids is 1. The predicted molar refractivity (Wildman–Crippen MR) is 59.6 cm³/mol. The Morgan fingerprint density at radius 1 is 1.41 bits per heavy atom. The van der Waals surface area contributed by atoms with Crippen LogP contribution in [-0.4, -0.2) is 11.1 Å². The zero-order chi connectivity index (χ0) is 12.6. The second kappa shape index (κ2) is 4.26. The summed E-state index contributed by atoms with van der Waals surface area (Å²) in [7, 11) is 0. The predicted octanol–water partition coefficient (Wildman–Crippen LogP) is 3.78. The molecule has 0 saturated heterocycles. The molecule has 2 nitrogen and oxygen atoms in total. The minimum atomic E-state index is -2.75. The van der Waals surface area contributed by atoms with Gasteiger partial charge < -0.3 is 5.11 Å². The summed E-state index contributed by atoms with van der Waals surface area (Å²) in [5, 5.41) is 9.18. The molecule has 1 fully saturated rings. The van der Waals surface area contributed by atoms with Crippen molar-refractivity contribution in [3.8, 4) is 0 Å². The lowest BCUT2D eigenvalue weighted by molar-refractivity contribution is -0.147. The van der Waals surface area contributed by atoms with Crippen molar-refractivity contribution >= 4 is 17.6 Å². The fraction of sp³-hybridized carbons (Fsp3) is 0.417. The lowest BCUT2D eigenvalue weighted by atomic mass is 9.63. The van der Waals surface area contributed by atoms with Gasteiger partial charge in [0.05, 0.1) is 5.41 Å². The van der Waals surface area contributed by atoms with Gasteiger partial charge in [0, 0.05) is 10.6 Å². The van der Waals surface area contributed by atoms with E-state index in [1.54, 1.807) is 0 Å². The summed E-state index contributed by atoms with van der Waals surface area (Å²) in [4.78, 5) is 11.3. The number of alkyl halides is 2. The van der Waals surface area contributed by atoms with Crippen LogP contribution >= 0.6 is 11.6 Å². The van der Waals surface area contributed by atoms with Crippen LogP contribution in [0.25, 0.3) is 0 Å². The second-order valence-electron chi connectivity index (χ2n) is 4.24. The number of carbonyl (C=O) groups is 1. The fourth-order valence-corrected chi connectivity index (χ4v) is 2.56. The first-order valence-electron chi connectivity index (χ1n) is 5.29. The molecule has 1 aliphatic rings. The third kappa shape index (κ3) is 1.80. The molecule has 1 aliphatic carbocycles. The first-order chi connectivity index (χ1) is 7.99. The highest BCUT2D eigenvalue weighted by atomic mass is 35.5. The maximum atomic E-state index is 13.0. The zero-order valence-corrected chi connectivity index (χ0v) is 9.68. The van der Waals surface area contributed by atoms with E-state index in [2.05, 4.69) is 0 Å². The first kappa shape index (κ1) is 12.3. The molecule has 0 bridgehead atoms. The molecule has 0 radical (unpaired) electrons. The molecule has 0 unspecified atom stereocenters. The molecular formula is C12H11ClF2O2. The average Bonchev–Trinajstić information content (AvgIpc) is 2.14. The molecule has 17 heavy (non-hydrogen) atoms. The van der Waals surface area contributed by atoms with Gasteiger partial charge in [0.2, 0.25) is 0 Å². The summed E-state index contributed by atoms with van der Waals surface area (Å²) >= 11 is 5.74. The van der Waals surface area contributed by atoms with Crippen LogP contribution in [0, 0.1) is 0 Å². The SMILES string of the molecule is O=C(O)C1(c2cccc(Cl)c2C(F)F)CCC1. The molecule has 0 aromatic heterocycles. The van der Waals surface area contributed by atoms with Crippen molar-refractivity contribution in [2.24, 2.45) is 0 Å². The van der Waals surface area contributed by atoms with E-state index in [0.29, 0.717) is 12.8 Å². The Morgan fingerprint density at radius 2 is 2.06 bits per heavy atom. The summed E-state index contributed by atoms with van der Waals surface area (Å²) in [5.41, 5.74) is -1.34. The summed E-state index contributed by atoms with van der Waals surface area (Å²) < 4.78 is 25.9. The molecule has 0 spiro atoms. The lowest BCUT2D eigenvalue weighted by Crippen LogP contribution is -2.43. The number of benzene rings is 1. The Morgan fingerprint density at radius 3 is 2.47 bits per heavy atom. The number of halogens is 3. The van der Waals surface area contributed by atoms with Crippen LogP contribution in [-0.2, 0) is 10.2 Å². The third-order valence-corrected chi connectivity index (χ3v) is 3.73. The molecular weight excluding hydrogens is 250 g/mol. The van der Waals surface area contributed by atoms with Crippen molar-refractivity contribution in [1.29, 1.82) is 0 Å². The number of hydrogen-bond donors (Lipinski definition) is 1. The van der Waals surface area contributed by atoms with Crippen LogP contribution < -0.4 is 0 Å². The van der Waals surface area contributed by atoms with E-state index in [1.165, 1.54) is 18.2 Å². The summed E-state index contributed by atoms with van der Waals surface area (Å²) in [6, 6.07) is 4.33. The van der Waals surface area contributed by atoms with Gasteiger partial charge in [-0.05, 0) is 24.5 Å².